The van der Waals surface area contributed by atoms with Crippen LogP contribution in [0.3, 0.4) is 0 Å². The monoisotopic (exact) mass is 383 g/mol. The van der Waals surface area contributed by atoms with Crippen molar-refractivity contribution >= 4 is 17.7 Å². The van der Waals surface area contributed by atoms with Crippen molar-refractivity contribution in [3.05, 3.63) is 71.8 Å². The molecular formula is C23H29NO2S. The van der Waals surface area contributed by atoms with Gasteiger partial charge in [0.2, 0.25) is 0 Å². The lowest BCUT2D eigenvalue weighted by Gasteiger charge is -2.33. The maximum atomic E-state index is 12.8. The maximum Gasteiger partial charge on any atom is 0.311 e. The molecule has 0 spiro atoms. The molecule has 1 saturated heterocycles. The lowest BCUT2D eigenvalue weighted by molar-refractivity contribution is -0.161. The zero-order valence-electron chi connectivity index (χ0n) is 16.4. The summed E-state index contributed by atoms with van der Waals surface area (Å²) in [6, 6.07) is 21.2. The lowest BCUT2D eigenvalue weighted by Crippen LogP contribution is -2.44. The fourth-order valence-electron chi connectivity index (χ4n) is 3.43. The Hall–Kier alpha value is -1.78. The van der Waals surface area contributed by atoms with Gasteiger partial charge in [0.25, 0.3) is 0 Å². The third kappa shape index (κ3) is 5.85. The summed E-state index contributed by atoms with van der Waals surface area (Å²) in [6.07, 6.45) is 0. The van der Waals surface area contributed by atoms with E-state index in [-0.39, 0.29) is 17.9 Å². The highest BCUT2D eigenvalue weighted by molar-refractivity contribution is 7.99. The van der Waals surface area contributed by atoms with Crippen molar-refractivity contribution in [3.63, 3.8) is 0 Å². The van der Waals surface area contributed by atoms with Crippen LogP contribution in [0.15, 0.2) is 60.7 Å². The van der Waals surface area contributed by atoms with Crippen LogP contribution in [0.2, 0.25) is 0 Å². The zero-order valence-corrected chi connectivity index (χ0v) is 17.2. The molecule has 27 heavy (non-hydrogen) atoms. The Bertz CT molecular complexity index is 686. The predicted octanol–water partition coefficient (Wildman–Crippen LogP) is 4.76. The van der Waals surface area contributed by atoms with Crippen LogP contribution in [-0.2, 0) is 22.6 Å². The third-order valence-electron chi connectivity index (χ3n) is 4.69. The van der Waals surface area contributed by atoms with Crippen molar-refractivity contribution in [2.75, 3.05) is 11.5 Å². The summed E-state index contributed by atoms with van der Waals surface area (Å²) in [5.41, 5.74) is 2.10. The van der Waals surface area contributed by atoms with E-state index in [2.05, 4.69) is 53.4 Å². The molecule has 0 aromatic heterocycles. The molecule has 0 bridgehead atoms. The molecule has 2 aromatic carbocycles. The highest BCUT2D eigenvalue weighted by atomic mass is 32.2. The van der Waals surface area contributed by atoms with Crippen LogP contribution in [0.5, 0.6) is 0 Å². The van der Waals surface area contributed by atoms with E-state index in [1.165, 1.54) is 11.1 Å². The number of esters is 1. The molecule has 0 saturated carbocycles. The average Bonchev–Trinajstić information content (AvgIpc) is 3.11. The van der Waals surface area contributed by atoms with Crippen molar-refractivity contribution in [1.29, 1.82) is 0 Å². The molecule has 2 aromatic rings. The van der Waals surface area contributed by atoms with Crippen LogP contribution in [0.25, 0.3) is 0 Å². The van der Waals surface area contributed by atoms with E-state index >= 15 is 0 Å². The van der Waals surface area contributed by atoms with Gasteiger partial charge in [0, 0.05) is 30.6 Å². The molecule has 144 valence electrons. The number of carbonyl (C=O) groups excluding carboxylic acids is 1. The van der Waals surface area contributed by atoms with Gasteiger partial charge in [0.1, 0.15) is 5.60 Å². The summed E-state index contributed by atoms with van der Waals surface area (Å²) in [5.74, 6) is 1.65. The van der Waals surface area contributed by atoms with E-state index in [4.69, 9.17) is 4.74 Å². The summed E-state index contributed by atoms with van der Waals surface area (Å²) in [7, 11) is 0. The Morgan fingerprint density at radius 3 is 1.96 bits per heavy atom. The van der Waals surface area contributed by atoms with Crippen LogP contribution < -0.4 is 0 Å². The Morgan fingerprint density at radius 1 is 0.963 bits per heavy atom. The predicted molar refractivity (Wildman–Crippen MR) is 113 cm³/mol. The molecule has 1 aliphatic heterocycles. The number of benzene rings is 2. The van der Waals surface area contributed by atoms with Gasteiger partial charge in [-0.2, -0.15) is 11.8 Å². The molecular weight excluding hydrogens is 354 g/mol. The van der Waals surface area contributed by atoms with Crippen LogP contribution in [-0.4, -0.2) is 34.0 Å². The number of hydrogen-bond acceptors (Lipinski definition) is 4. The zero-order chi connectivity index (χ0) is 19.3. The quantitative estimate of drug-likeness (QED) is 0.673. The summed E-state index contributed by atoms with van der Waals surface area (Å²) >= 11 is 1.85. The van der Waals surface area contributed by atoms with E-state index < -0.39 is 5.60 Å². The molecule has 1 heterocycles. The molecule has 0 unspecified atom stereocenters. The second-order valence-corrected chi connectivity index (χ2v) is 9.20. The first-order valence-electron chi connectivity index (χ1n) is 9.55. The van der Waals surface area contributed by atoms with Gasteiger partial charge in [-0.15, -0.1) is 0 Å². The highest BCUT2D eigenvalue weighted by Gasteiger charge is 2.39. The first-order chi connectivity index (χ1) is 12.9. The Morgan fingerprint density at radius 2 is 1.48 bits per heavy atom. The van der Waals surface area contributed by atoms with E-state index in [0.29, 0.717) is 0 Å². The maximum absolute atomic E-state index is 12.8. The van der Waals surface area contributed by atoms with Crippen molar-refractivity contribution in [2.24, 2.45) is 5.92 Å². The van der Waals surface area contributed by atoms with Crippen molar-refractivity contribution in [1.82, 2.24) is 4.90 Å². The van der Waals surface area contributed by atoms with Crippen LogP contribution in [0.4, 0.5) is 0 Å². The molecule has 2 atom stereocenters. The van der Waals surface area contributed by atoms with Gasteiger partial charge < -0.3 is 4.74 Å². The fourth-order valence-corrected chi connectivity index (χ4v) is 4.86. The third-order valence-corrected chi connectivity index (χ3v) is 5.86. The minimum Gasteiger partial charge on any atom is -0.460 e. The second kappa shape index (κ2) is 8.94. The van der Waals surface area contributed by atoms with E-state index in [0.717, 1.165) is 24.6 Å². The second-order valence-electron chi connectivity index (χ2n) is 8.12. The summed E-state index contributed by atoms with van der Waals surface area (Å²) in [4.78, 5) is 15.3. The van der Waals surface area contributed by atoms with Gasteiger partial charge in [0.05, 0.1) is 5.92 Å². The molecule has 0 aliphatic carbocycles. The standard InChI is InChI=1S/C23H29NO2S/c1-23(2,3)26-22(25)20-16-27-17-21(20)24(14-18-10-6-4-7-11-18)15-19-12-8-5-9-13-19/h4-13,20-21H,14-17H2,1-3H3/t20-,21+/m1/s1. The van der Waals surface area contributed by atoms with Gasteiger partial charge in [-0.3, -0.25) is 9.69 Å². The van der Waals surface area contributed by atoms with Crippen LogP contribution in [0.1, 0.15) is 31.9 Å². The summed E-state index contributed by atoms with van der Waals surface area (Å²) in [5, 5.41) is 0. The molecule has 0 N–H and O–H groups in total. The topological polar surface area (TPSA) is 29.5 Å². The van der Waals surface area contributed by atoms with Crippen molar-refractivity contribution in [3.8, 4) is 0 Å². The molecule has 1 aliphatic rings. The Kier molecular flexibility index (Phi) is 6.61. The lowest BCUT2D eigenvalue weighted by atomic mass is 10.00. The summed E-state index contributed by atoms with van der Waals surface area (Å²) < 4.78 is 5.72. The van der Waals surface area contributed by atoms with Crippen LogP contribution >= 0.6 is 11.8 Å². The molecule has 3 nitrogen and oxygen atoms in total. The number of nitrogens with zero attached hydrogens (tertiary/aromatic N) is 1. The van der Waals surface area contributed by atoms with Gasteiger partial charge in [0.15, 0.2) is 0 Å². The van der Waals surface area contributed by atoms with E-state index in [1.807, 2.05) is 44.7 Å². The minimum atomic E-state index is -0.446. The normalized spacial score (nSPS) is 20.0. The first kappa shape index (κ1) is 20.0. The van der Waals surface area contributed by atoms with Gasteiger partial charge in [-0.1, -0.05) is 60.7 Å². The first-order valence-corrected chi connectivity index (χ1v) is 10.7. The fraction of sp³-hybridized carbons (Fsp3) is 0.435. The molecule has 0 amide bonds. The van der Waals surface area contributed by atoms with Crippen LogP contribution in [0, 0.1) is 5.92 Å². The SMILES string of the molecule is CC(C)(C)OC(=O)[C@@H]1CSC[C@@H]1N(Cc1ccccc1)Cc1ccccc1. The van der Waals surface area contributed by atoms with Gasteiger partial charge >= 0.3 is 5.97 Å². The average molecular weight is 384 g/mol. The molecule has 3 rings (SSSR count). The molecule has 1 fully saturated rings. The molecule has 0 radical (unpaired) electrons. The largest absolute Gasteiger partial charge is 0.460 e. The highest BCUT2D eigenvalue weighted by Crippen LogP contribution is 2.32. The number of rotatable bonds is 6. The number of thioether (sulfide) groups is 1. The van der Waals surface area contributed by atoms with Crippen molar-refractivity contribution < 1.29 is 9.53 Å². The van der Waals surface area contributed by atoms with Gasteiger partial charge in [-0.25, -0.2) is 0 Å². The minimum absolute atomic E-state index is 0.0661. The Labute approximate surface area is 167 Å². The molecule has 4 heteroatoms. The smallest absolute Gasteiger partial charge is 0.311 e. The van der Waals surface area contributed by atoms with Gasteiger partial charge in [-0.05, 0) is 31.9 Å². The Balaban J connectivity index is 1.80. The van der Waals surface area contributed by atoms with Crippen molar-refractivity contribution in [2.45, 2.75) is 45.5 Å². The number of ether oxygens (including phenoxy) is 1. The number of hydrogen-bond donors (Lipinski definition) is 0. The summed E-state index contributed by atoms with van der Waals surface area (Å²) in [6.45, 7) is 7.48. The van der Waals surface area contributed by atoms with E-state index in [9.17, 15) is 4.79 Å². The number of carbonyl (C=O) groups is 1. The van der Waals surface area contributed by atoms with E-state index in [1.54, 1.807) is 0 Å².